The Balaban J connectivity index is 1.13. The van der Waals surface area contributed by atoms with Gasteiger partial charge in [-0.15, -0.1) is 0 Å². The van der Waals surface area contributed by atoms with Gasteiger partial charge in [-0.25, -0.2) is 4.79 Å². The van der Waals surface area contributed by atoms with Gasteiger partial charge < -0.3 is 19.9 Å². The van der Waals surface area contributed by atoms with E-state index >= 15 is 0 Å². The first kappa shape index (κ1) is 29.9. The van der Waals surface area contributed by atoms with Crippen molar-refractivity contribution in [2.24, 2.45) is 17.3 Å². The molecule has 3 aliphatic carbocycles. The number of carbonyl (C=O) groups excluding carboxylic acids is 2. The van der Waals surface area contributed by atoms with Gasteiger partial charge in [-0.1, -0.05) is 79.0 Å². The summed E-state index contributed by atoms with van der Waals surface area (Å²) >= 11 is 12.3. The van der Waals surface area contributed by atoms with Crippen LogP contribution in [0.15, 0.2) is 60.2 Å². The molecule has 9 heteroatoms. The van der Waals surface area contributed by atoms with Crippen molar-refractivity contribution in [1.82, 2.24) is 14.7 Å². The molecule has 0 radical (unpaired) electrons. The van der Waals surface area contributed by atoms with Gasteiger partial charge >= 0.3 is 6.03 Å². The maximum atomic E-state index is 13.5. The summed E-state index contributed by atoms with van der Waals surface area (Å²) in [5, 5.41) is 3.88. The predicted molar refractivity (Wildman–Crippen MR) is 164 cm³/mol. The standard InChI is InChI=1S/C32H40Cl2N4O3/c1-32(2)25-9-8-24(27(32)18-25)20-38(31(40)35-26-10-11-28(33)29(34)19-26)17-14-36-12-15-37(16-13-36)30(39)22-41-21-23-6-4-3-5-7-23/h3-8,10-11,19,25,27H,9,12-18,20-22H2,1-2H3,(H,35,40). The molecule has 1 N–H and O–H groups in total. The summed E-state index contributed by atoms with van der Waals surface area (Å²) in [5.41, 5.74) is 3.34. The van der Waals surface area contributed by atoms with Crippen LogP contribution >= 0.6 is 23.2 Å². The summed E-state index contributed by atoms with van der Waals surface area (Å²) in [6, 6.07) is 14.9. The van der Waals surface area contributed by atoms with Crippen molar-refractivity contribution in [1.29, 1.82) is 0 Å². The van der Waals surface area contributed by atoms with Crippen LogP contribution in [0.4, 0.5) is 10.5 Å². The minimum absolute atomic E-state index is 0.0221. The normalized spacial score (nSPS) is 21.6. The van der Waals surface area contributed by atoms with Crippen molar-refractivity contribution >= 4 is 40.8 Å². The third-order valence-electron chi connectivity index (χ3n) is 9.16. The number of halogens is 2. The second-order valence-corrected chi connectivity index (χ2v) is 12.8. The Morgan fingerprint density at radius 2 is 1.80 bits per heavy atom. The van der Waals surface area contributed by atoms with E-state index in [1.807, 2.05) is 40.1 Å². The van der Waals surface area contributed by atoms with Crippen LogP contribution in [-0.2, 0) is 16.1 Å². The zero-order chi connectivity index (χ0) is 29.0. The molecule has 0 spiro atoms. The number of urea groups is 1. The van der Waals surface area contributed by atoms with Crippen LogP contribution < -0.4 is 5.32 Å². The number of ether oxygens (including phenoxy) is 1. The van der Waals surface area contributed by atoms with Crippen molar-refractivity contribution in [3.63, 3.8) is 0 Å². The van der Waals surface area contributed by atoms with E-state index in [1.165, 1.54) is 12.0 Å². The van der Waals surface area contributed by atoms with Crippen LogP contribution in [0.3, 0.4) is 0 Å². The van der Waals surface area contributed by atoms with Gasteiger partial charge in [0.15, 0.2) is 0 Å². The van der Waals surface area contributed by atoms with Crippen LogP contribution in [-0.4, -0.2) is 79.1 Å². The highest BCUT2D eigenvalue weighted by Crippen LogP contribution is 2.59. The smallest absolute Gasteiger partial charge is 0.322 e. The SMILES string of the molecule is CC1(C)C2CC=C(CN(CCN3CCN(C(=O)COCc4ccccc4)CC3)C(=O)Nc3ccc(Cl)c(Cl)c3)C1C2. The van der Waals surface area contributed by atoms with Gasteiger partial charge in [-0.2, -0.15) is 0 Å². The number of nitrogens with zero attached hydrogens (tertiary/aromatic N) is 3. The van der Waals surface area contributed by atoms with Gasteiger partial charge in [-0.05, 0) is 53.9 Å². The van der Waals surface area contributed by atoms with E-state index in [1.54, 1.807) is 18.2 Å². The second-order valence-electron chi connectivity index (χ2n) is 12.0. The minimum Gasteiger partial charge on any atom is -0.367 e. The van der Waals surface area contributed by atoms with E-state index in [0.29, 0.717) is 59.9 Å². The van der Waals surface area contributed by atoms with Crippen molar-refractivity contribution in [2.45, 2.75) is 33.3 Å². The maximum absolute atomic E-state index is 13.5. The minimum atomic E-state index is -0.145. The largest absolute Gasteiger partial charge is 0.367 e. The van der Waals surface area contributed by atoms with Gasteiger partial charge in [0.05, 0.1) is 16.7 Å². The molecule has 7 nitrogen and oxygen atoms in total. The van der Waals surface area contributed by atoms with E-state index in [-0.39, 0.29) is 18.5 Å². The Morgan fingerprint density at radius 1 is 1.05 bits per heavy atom. The Morgan fingerprint density at radius 3 is 2.49 bits per heavy atom. The molecule has 6 rings (SSSR count). The second kappa shape index (κ2) is 13.2. The van der Waals surface area contributed by atoms with E-state index < -0.39 is 0 Å². The third-order valence-corrected chi connectivity index (χ3v) is 9.90. The summed E-state index contributed by atoms with van der Waals surface area (Å²) < 4.78 is 5.65. The van der Waals surface area contributed by atoms with Gasteiger partial charge in [0.1, 0.15) is 6.61 Å². The zero-order valence-corrected chi connectivity index (χ0v) is 25.5. The van der Waals surface area contributed by atoms with E-state index in [4.69, 9.17) is 27.9 Å². The molecule has 2 aromatic carbocycles. The molecule has 2 atom stereocenters. The molecule has 2 aromatic rings. The lowest BCUT2D eigenvalue weighted by Crippen LogP contribution is -2.53. The Hall–Kier alpha value is -2.58. The summed E-state index contributed by atoms with van der Waals surface area (Å²) in [6.45, 7) is 10.0. The molecule has 41 heavy (non-hydrogen) atoms. The average Bonchev–Trinajstić information content (AvgIpc) is 2.97. The number of anilines is 1. The molecule has 1 heterocycles. The molecule has 1 aliphatic heterocycles. The summed E-state index contributed by atoms with van der Waals surface area (Å²) in [7, 11) is 0. The number of benzene rings is 2. The molecule has 2 bridgehead atoms. The molecule has 0 aromatic heterocycles. The highest BCUT2D eigenvalue weighted by molar-refractivity contribution is 6.42. The number of hydrogen-bond donors (Lipinski definition) is 1. The molecule has 4 aliphatic rings. The summed E-state index contributed by atoms with van der Waals surface area (Å²) in [6.07, 6.45) is 4.66. The van der Waals surface area contributed by atoms with Crippen molar-refractivity contribution < 1.29 is 14.3 Å². The lowest BCUT2D eigenvalue weighted by Gasteiger charge is -2.57. The van der Waals surface area contributed by atoms with Crippen LogP contribution in [0.2, 0.25) is 10.0 Å². The van der Waals surface area contributed by atoms with E-state index in [9.17, 15) is 9.59 Å². The lowest BCUT2D eigenvalue weighted by molar-refractivity contribution is -0.138. The number of allylic oxidation sites excluding steroid dienone is 1. The zero-order valence-electron chi connectivity index (χ0n) is 24.0. The molecular weight excluding hydrogens is 559 g/mol. The quantitative estimate of drug-likeness (QED) is 0.332. The number of fused-ring (bicyclic) bond motifs is 1. The Kier molecular flexibility index (Phi) is 9.59. The molecule has 1 saturated carbocycles. The highest BCUT2D eigenvalue weighted by Gasteiger charge is 2.51. The lowest BCUT2D eigenvalue weighted by atomic mass is 9.49. The first-order valence-electron chi connectivity index (χ1n) is 14.5. The number of hydrogen-bond acceptors (Lipinski definition) is 4. The molecular formula is C32H40Cl2N4O3. The van der Waals surface area contributed by atoms with Crippen LogP contribution in [0.25, 0.3) is 0 Å². The van der Waals surface area contributed by atoms with E-state index in [2.05, 4.69) is 30.1 Å². The Labute approximate surface area is 253 Å². The van der Waals surface area contributed by atoms with Crippen molar-refractivity contribution in [3.05, 3.63) is 75.8 Å². The number of amides is 3. The van der Waals surface area contributed by atoms with Gasteiger partial charge in [0.25, 0.3) is 0 Å². The number of rotatable bonds is 10. The fourth-order valence-electron chi connectivity index (χ4n) is 6.31. The predicted octanol–water partition coefficient (Wildman–Crippen LogP) is 6.18. The molecule has 2 unspecified atom stereocenters. The summed E-state index contributed by atoms with van der Waals surface area (Å²) in [5.74, 6) is 1.30. The average molecular weight is 600 g/mol. The van der Waals surface area contributed by atoms with Crippen LogP contribution in [0.5, 0.6) is 0 Å². The molecule has 3 amide bonds. The molecule has 220 valence electrons. The topological polar surface area (TPSA) is 65.1 Å². The molecule has 2 fully saturated rings. The van der Waals surface area contributed by atoms with Crippen molar-refractivity contribution in [2.75, 3.05) is 57.7 Å². The number of piperazine rings is 1. The van der Waals surface area contributed by atoms with Crippen LogP contribution in [0.1, 0.15) is 32.3 Å². The maximum Gasteiger partial charge on any atom is 0.322 e. The molecule has 1 saturated heterocycles. The van der Waals surface area contributed by atoms with Gasteiger partial charge in [0, 0.05) is 51.5 Å². The van der Waals surface area contributed by atoms with Gasteiger partial charge in [-0.3, -0.25) is 9.69 Å². The number of nitrogens with one attached hydrogen (secondary N) is 1. The fourth-order valence-corrected chi connectivity index (χ4v) is 6.61. The van der Waals surface area contributed by atoms with Crippen LogP contribution in [0, 0.1) is 17.3 Å². The van der Waals surface area contributed by atoms with Gasteiger partial charge in [0.2, 0.25) is 5.91 Å². The first-order chi connectivity index (χ1) is 19.7. The monoisotopic (exact) mass is 598 g/mol. The first-order valence-corrected chi connectivity index (χ1v) is 15.3. The van der Waals surface area contributed by atoms with Crippen molar-refractivity contribution in [3.8, 4) is 0 Å². The highest BCUT2D eigenvalue weighted by atomic mass is 35.5. The number of carbonyl (C=O) groups is 2. The fraction of sp³-hybridized carbons (Fsp3) is 0.500. The third kappa shape index (κ3) is 7.26. The van der Waals surface area contributed by atoms with E-state index in [0.717, 1.165) is 37.5 Å². The summed E-state index contributed by atoms with van der Waals surface area (Å²) in [4.78, 5) is 32.3. The Bertz CT molecular complexity index is 1260.